The van der Waals surface area contributed by atoms with Crippen LogP contribution < -0.4 is 9.47 Å². The summed E-state index contributed by atoms with van der Waals surface area (Å²) in [5.41, 5.74) is 2.72. The van der Waals surface area contributed by atoms with Gasteiger partial charge in [-0.15, -0.1) is 0 Å². The number of hydrogen-bond donors (Lipinski definition) is 0. The minimum absolute atomic E-state index is 0.0195. The van der Waals surface area contributed by atoms with Crippen molar-refractivity contribution in [1.82, 2.24) is 0 Å². The van der Waals surface area contributed by atoms with Gasteiger partial charge in [-0.1, -0.05) is 23.7 Å². The third-order valence-corrected chi connectivity index (χ3v) is 4.11. The van der Waals surface area contributed by atoms with E-state index in [0.29, 0.717) is 28.5 Å². The number of hydrogen-bond acceptors (Lipinski definition) is 3. The molecule has 2 aromatic carbocycles. The summed E-state index contributed by atoms with van der Waals surface area (Å²) in [7, 11) is 3.16. The molecule has 0 amide bonds. The zero-order valence-electron chi connectivity index (χ0n) is 11.9. The fourth-order valence-corrected chi connectivity index (χ4v) is 3.05. The smallest absolute Gasteiger partial charge is 0.164 e. The molecule has 1 aliphatic rings. The fourth-order valence-electron chi connectivity index (χ4n) is 2.85. The lowest BCUT2D eigenvalue weighted by molar-refractivity contribution is 0.0991. The van der Waals surface area contributed by atoms with E-state index in [2.05, 4.69) is 0 Å². The van der Waals surface area contributed by atoms with E-state index in [4.69, 9.17) is 21.1 Å². The Morgan fingerprint density at radius 2 is 1.81 bits per heavy atom. The molecule has 0 aromatic heterocycles. The second kappa shape index (κ2) is 5.41. The number of fused-ring (bicyclic) bond motifs is 1. The highest BCUT2D eigenvalue weighted by atomic mass is 35.5. The van der Waals surface area contributed by atoms with Gasteiger partial charge in [0.2, 0.25) is 0 Å². The van der Waals surface area contributed by atoms with Gasteiger partial charge in [0.1, 0.15) is 0 Å². The van der Waals surface area contributed by atoms with Gasteiger partial charge in [-0.25, -0.2) is 0 Å². The van der Waals surface area contributed by atoms with E-state index >= 15 is 0 Å². The highest BCUT2D eigenvalue weighted by molar-refractivity contribution is 6.30. The van der Waals surface area contributed by atoms with Crippen LogP contribution in [0.2, 0.25) is 5.02 Å². The largest absolute Gasteiger partial charge is 0.493 e. The number of methoxy groups -OCH3 is 2. The molecular weight excluding hydrogens is 288 g/mol. The minimum Gasteiger partial charge on any atom is -0.493 e. The first-order chi connectivity index (χ1) is 10.1. The van der Waals surface area contributed by atoms with E-state index in [-0.39, 0.29) is 11.7 Å². The molecule has 1 aliphatic carbocycles. The van der Waals surface area contributed by atoms with Crippen LogP contribution in [0.5, 0.6) is 11.5 Å². The summed E-state index contributed by atoms with van der Waals surface area (Å²) in [6, 6.07) is 11.3. The molecule has 0 radical (unpaired) electrons. The van der Waals surface area contributed by atoms with Crippen LogP contribution in [0.25, 0.3) is 0 Å². The first kappa shape index (κ1) is 14.0. The molecule has 3 rings (SSSR count). The predicted octanol–water partition coefficient (Wildman–Crippen LogP) is 4.08. The number of rotatable bonds is 3. The van der Waals surface area contributed by atoms with Gasteiger partial charge >= 0.3 is 0 Å². The maximum absolute atomic E-state index is 12.3. The highest BCUT2D eigenvalue weighted by Crippen LogP contribution is 2.43. The maximum Gasteiger partial charge on any atom is 0.164 e. The lowest BCUT2D eigenvalue weighted by atomic mass is 9.93. The van der Waals surface area contributed by atoms with Crippen molar-refractivity contribution in [2.45, 2.75) is 12.3 Å². The lowest BCUT2D eigenvalue weighted by Gasteiger charge is -2.14. The summed E-state index contributed by atoms with van der Waals surface area (Å²) < 4.78 is 10.6. The van der Waals surface area contributed by atoms with Gasteiger partial charge in [-0.05, 0) is 35.4 Å². The van der Waals surface area contributed by atoms with E-state index in [0.717, 1.165) is 11.1 Å². The van der Waals surface area contributed by atoms with Crippen LogP contribution in [0.4, 0.5) is 0 Å². The van der Waals surface area contributed by atoms with Crippen molar-refractivity contribution in [2.24, 2.45) is 0 Å². The normalized spacial score (nSPS) is 16.7. The van der Waals surface area contributed by atoms with Gasteiger partial charge in [0.05, 0.1) is 14.2 Å². The molecule has 0 heterocycles. The van der Waals surface area contributed by atoms with Crippen molar-refractivity contribution in [3.63, 3.8) is 0 Å². The maximum atomic E-state index is 12.3. The number of benzene rings is 2. The third-order valence-electron chi connectivity index (χ3n) is 3.87. The SMILES string of the molecule is COc1cc2c(cc1OC)C(c1cccc(Cl)c1)CC2=O. The van der Waals surface area contributed by atoms with Crippen LogP contribution in [-0.2, 0) is 0 Å². The van der Waals surface area contributed by atoms with Gasteiger partial charge < -0.3 is 9.47 Å². The van der Waals surface area contributed by atoms with Crippen molar-refractivity contribution in [3.8, 4) is 11.5 Å². The lowest BCUT2D eigenvalue weighted by Crippen LogP contribution is -1.98. The molecule has 0 saturated heterocycles. The summed E-state index contributed by atoms with van der Waals surface area (Å²) in [5, 5.41) is 0.675. The zero-order valence-corrected chi connectivity index (χ0v) is 12.6. The van der Waals surface area contributed by atoms with Gasteiger partial charge in [0.15, 0.2) is 17.3 Å². The number of halogens is 1. The number of carbonyl (C=O) groups is 1. The Hall–Kier alpha value is -2.00. The first-order valence-corrected chi connectivity index (χ1v) is 7.06. The number of ether oxygens (including phenoxy) is 2. The van der Waals surface area contributed by atoms with E-state index in [1.165, 1.54) is 0 Å². The van der Waals surface area contributed by atoms with E-state index in [1.54, 1.807) is 20.3 Å². The summed E-state index contributed by atoms with van der Waals surface area (Å²) in [6.45, 7) is 0. The molecule has 1 unspecified atom stereocenters. The molecule has 21 heavy (non-hydrogen) atoms. The van der Waals surface area contributed by atoms with E-state index in [1.807, 2.05) is 30.3 Å². The predicted molar refractivity (Wildman–Crippen MR) is 81.8 cm³/mol. The Balaban J connectivity index is 2.12. The molecule has 0 spiro atoms. The summed E-state index contributed by atoms with van der Waals surface area (Å²) >= 11 is 6.06. The Morgan fingerprint density at radius 1 is 1.10 bits per heavy atom. The van der Waals surface area contributed by atoms with E-state index in [9.17, 15) is 4.79 Å². The molecule has 0 N–H and O–H groups in total. The molecule has 4 heteroatoms. The fraction of sp³-hybridized carbons (Fsp3) is 0.235. The molecule has 3 nitrogen and oxygen atoms in total. The second-order valence-electron chi connectivity index (χ2n) is 5.03. The van der Waals surface area contributed by atoms with Crippen molar-refractivity contribution < 1.29 is 14.3 Å². The number of carbonyl (C=O) groups excluding carboxylic acids is 1. The second-order valence-corrected chi connectivity index (χ2v) is 5.47. The van der Waals surface area contributed by atoms with Gasteiger partial charge in [-0.3, -0.25) is 4.79 Å². The quantitative estimate of drug-likeness (QED) is 0.857. The molecule has 0 bridgehead atoms. The van der Waals surface area contributed by atoms with Crippen LogP contribution >= 0.6 is 11.6 Å². The minimum atomic E-state index is 0.0195. The summed E-state index contributed by atoms with van der Waals surface area (Å²) in [6.07, 6.45) is 0.450. The van der Waals surface area contributed by atoms with Crippen molar-refractivity contribution >= 4 is 17.4 Å². The third kappa shape index (κ3) is 2.38. The van der Waals surface area contributed by atoms with Gasteiger partial charge in [-0.2, -0.15) is 0 Å². The van der Waals surface area contributed by atoms with Crippen LogP contribution in [0.15, 0.2) is 36.4 Å². The average Bonchev–Trinajstić information content (AvgIpc) is 2.82. The van der Waals surface area contributed by atoms with E-state index < -0.39 is 0 Å². The van der Waals surface area contributed by atoms with Crippen LogP contribution in [0.1, 0.15) is 33.8 Å². The van der Waals surface area contributed by atoms with Crippen LogP contribution in [0.3, 0.4) is 0 Å². The van der Waals surface area contributed by atoms with Gasteiger partial charge in [0, 0.05) is 22.9 Å². The van der Waals surface area contributed by atoms with Crippen molar-refractivity contribution in [3.05, 3.63) is 58.1 Å². The first-order valence-electron chi connectivity index (χ1n) is 6.68. The van der Waals surface area contributed by atoms with Gasteiger partial charge in [0.25, 0.3) is 0 Å². The molecule has 108 valence electrons. The number of ketones is 1. The average molecular weight is 303 g/mol. The van der Waals surface area contributed by atoms with Crippen LogP contribution in [-0.4, -0.2) is 20.0 Å². The topological polar surface area (TPSA) is 35.5 Å². The highest BCUT2D eigenvalue weighted by Gasteiger charge is 2.32. The Bertz CT molecular complexity index is 709. The zero-order chi connectivity index (χ0) is 15.0. The van der Waals surface area contributed by atoms with Crippen molar-refractivity contribution in [2.75, 3.05) is 14.2 Å². The Labute approximate surface area is 128 Å². The molecule has 2 aromatic rings. The summed E-state index contributed by atoms with van der Waals surface area (Å²) in [4.78, 5) is 12.3. The molecule has 1 atom stereocenters. The molecule has 0 saturated carbocycles. The van der Waals surface area contributed by atoms with Crippen LogP contribution in [0, 0.1) is 0 Å². The monoisotopic (exact) mass is 302 g/mol. The van der Waals surface area contributed by atoms with Crippen molar-refractivity contribution in [1.29, 1.82) is 0 Å². The summed E-state index contributed by atoms with van der Waals surface area (Å²) in [5.74, 6) is 1.36. The Kier molecular flexibility index (Phi) is 3.60. The molecular formula is C17H15ClO3. The molecule has 0 aliphatic heterocycles. The standard InChI is InChI=1S/C17H15ClO3/c1-20-16-8-13-12(10-4-3-5-11(18)6-10)7-15(19)14(13)9-17(16)21-2/h3-6,8-9,12H,7H2,1-2H3. The molecule has 0 fully saturated rings. The Morgan fingerprint density at radius 3 is 2.48 bits per heavy atom. The number of Topliss-reactive ketones (excluding diaryl/α,β-unsaturated/α-hetero) is 1.